The Balaban J connectivity index is 1.85. The molecule has 2 aromatic rings. The van der Waals surface area contributed by atoms with E-state index in [9.17, 15) is 14.0 Å². The van der Waals surface area contributed by atoms with E-state index in [1.807, 2.05) is 0 Å². The highest BCUT2D eigenvalue weighted by Crippen LogP contribution is 2.12. The lowest BCUT2D eigenvalue weighted by Crippen LogP contribution is -2.31. The molecule has 2 rings (SSSR count). The Kier molecular flexibility index (Phi) is 6.39. The van der Waals surface area contributed by atoms with Crippen LogP contribution in [0.4, 0.5) is 4.39 Å². The Bertz CT molecular complexity index is 720. The highest BCUT2D eigenvalue weighted by atomic mass is 32.1. The van der Waals surface area contributed by atoms with Gasteiger partial charge in [-0.15, -0.1) is 11.3 Å². The van der Waals surface area contributed by atoms with Gasteiger partial charge in [-0.2, -0.15) is 0 Å². The second-order valence-corrected chi connectivity index (χ2v) is 5.92. The molecule has 0 aliphatic heterocycles. The summed E-state index contributed by atoms with van der Waals surface area (Å²) in [4.78, 5) is 29.2. The summed E-state index contributed by atoms with van der Waals surface area (Å²) in [7, 11) is 3.05. The number of esters is 1. The van der Waals surface area contributed by atoms with E-state index in [4.69, 9.17) is 9.47 Å². The maximum absolute atomic E-state index is 13.6. The molecule has 0 fully saturated rings. The van der Waals surface area contributed by atoms with Gasteiger partial charge in [-0.3, -0.25) is 4.79 Å². The minimum absolute atomic E-state index is 0.0950. The number of methoxy groups -OCH3 is 1. The van der Waals surface area contributed by atoms with Crippen LogP contribution in [-0.4, -0.2) is 42.5 Å². The number of likely N-dealkylation sites (N-methyl/N-ethyl adjacent to an activating group) is 1. The largest absolute Gasteiger partial charge is 0.451 e. The minimum Gasteiger partial charge on any atom is -0.451 e. The Morgan fingerprint density at radius 3 is 2.79 bits per heavy atom. The van der Waals surface area contributed by atoms with E-state index in [1.54, 1.807) is 23.6 Å². The standard InChI is InChI=1S/C16H17FN2O4S/c1-19(7-11-5-3-4-6-12(11)17)15(20)9-23-16(21)13-10-24-14(18-13)8-22-2/h3-6,10H,7-9H2,1-2H3. The van der Waals surface area contributed by atoms with Crippen LogP contribution in [0.2, 0.25) is 0 Å². The van der Waals surface area contributed by atoms with Crippen LogP contribution in [0.25, 0.3) is 0 Å². The number of halogens is 1. The summed E-state index contributed by atoms with van der Waals surface area (Å²) >= 11 is 1.27. The molecular weight excluding hydrogens is 335 g/mol. The zero-order valence-electron chi connectivity index (χ0n) is 13.3. The summed E-state index contributed by atoms with van der Waals surface area (Å²) in [5, 5.41) is 2.19. The Hall–Kier alpha value is -2.32. The summed E-state index contributed by atoms with van der Waals surface area (Å²) in [5.41, 5.74) is 0.528. The third-order valence-corrected chi connectivity index (χ3v) is 3.97. The van der Waals surface area contributed by atoms with Crippen LogP contribution >= 0.6 is 11.3 Å². The van der Waals surface area contributed by atoms with Gasteiger partial charge in [0.05, 0.1) is 6.61 Å². The first-order valence-corrected chi connectivity index (χ1v) is 7.97. The second kappa shape index (κ2) is 8.51. The average Bonchev–Trinajstić information content (AvgIpc) is 3.03. The number of benzene rings is 1. The summed E-state index contributed by atoms with van der Waals surface area (Å²) < 4.78 is 23.4. The first kappa shape index (κ1) is 18.0. The second-order valence-electron chi connectivity index (χ2n) is 4.98. The van der Waals surface area contributed by atoms with Crippen LogP contribution in [0, 0.1) is 5.82 Å². The lowest BCUT2D eigenvalue weighted by molar-refractivity contribution is -0.133. The fourth-order valence-electron chi connectivity index (χ4n) is 1.88. The number of thiazole rings is 1. The first-order valence-electron chi connectivity index (χ1n) is 7.09. The molecule has 0 radical (unpaired) electrons. The van der Waals surface area contributed by atoms with Gasteiger partial charge in [0.1, 0.15) is 10.8 Å². The SMILES string of the molecule is COCc1nc(C(=O)OCC(=O)N(C)Cc2ccccc2F)cs1. The van der Waals surface area contributed by atoms with Gasteiger partial charge in [0.25, 0.3) is 5.91 Å². The number of carbonyl (C=O) groups is 2. The average molecular weight is 352 g/mol. The van der Waals surface area contributed by atoms with Crippen molar-refractivity contribution < 1.29 is 23.5 Å². The van der Waals surface area contributed by atoms with Crippen molar-refractivity contribution in [2.45, 2.75) is 13.2 Å². The van der Waals surface area contributed by atoms with Crippen molar-refractivity contribution in [1.82, 2.24) is 9.88 Å². The van der Waals surface area contributed by atoms with Crippen LogP contribution in [-0.2, 0) is 27.4 Å². The molecule has 1 aromatic heterocycles. The number of hydrogen-bond donors (Lipinski definition) is 0. The lowest BCUT2D eigenvalue weighted by atomic mass is 10.2. The number of hydrogen-bond acceptors (Lipinski definition) is 6. The van der Waals surface area contributed by atoms with Crippen LogP contribution in [0.1, 0.15) is 21.1 Å². The molecule has 0 spiro atoms. The van der Waals surface area contributed by atoms with Gasteiger partial charge >= 0.3 is 5.97 Å². The van der Waals surface area contributed by atoms with E-state index in [-0.39, 0.29) is 18.1 Å². The van der Waals surface area contributed by atoms with E-state index >= 15 is 0 Å². The minimum atomic E-state index is -0.679. The molecule has 0 bridgehead atoms. The van der Waals surface area contributed by atoms with Gasteiger partial charge < -0.3 is 14.4 Å². The predicted octanol–water partition coefficient (Wildman–Crippen LogP) is 2.24. The maximum Gasteiger partial charge on any atom is 0.358 e. The third-order valence-electron chi connectivity index (χ3n) is 3.15. The van der Waals surface area contributed by atoms with E-state index in [0.29, 0.717) is 17.2 Å². The number of ether oxygens (including phenoxy) is 2. The van der Waals surface area contributed by atoms with Crippen molar-refractivity contribution in [2.75, 3.05) is 20.8 Å². The van der Waals surface area contributed by atoms with Crippen molar-refractivity contribution >= 4 is 23.2 Å². The fraction of sp³-hybridized carbons (Fsp3) is 0.312. The van der Waals surface area contributed by atoms with E-state index in [1.165, 1.54) is 36.5 Å². The molecule has 0 aliphatic rings. The van der Waals surface area contributed by atoms with E-state index in [2.05, 4.69) is 4.98 Å². The number of rotatable bonds is 7. The van der Waals surface area contributed by atoms with Gasteiger partial charge in [-0.1, -0.05) is 18.2 Å². The quantitative estimate of drug-likeness (QED) is 0.715. The van der Waals surface area contributed by atoms with E-state index < -0.39 is 18.5 Å². The van der Waals surface area contributed by atoms with Crippen LogP contribution < -0.4 is 0 Å². The molecule has 1 heterocycles. The predicted molar refractivity (Wildman–Crippen MR) is 86.0 cm³/mol. The van der Waals surface area contributed by atoms with E-state index in [0.717, 1.165) is 0 Å². The van der Waals surface area contributed by atoms with Gasteiger partial charge in [-0.25, -0.2) is 14.2 Å². The zero-order chi connectivity index (χ0) is 17.5. The highest BCUT2D eigenvalue weighted by molar-refractivity contribution is 7.09. The number of nitrogens with zero attached hydrogens (tertiary/aromatic N) is 2. The molecule has 0 saturated heterocycles. The van der Waals surface area contributed by atoms with Crippen LogP contribution in [0.3, 0.4) is 0 Å². The molecule has 6 nitrogen and oxygen atoms in total. The summed E-state index contributed by atoms with van der Waals surface area (Å²) in [6, 6.07) is 6.19. The lowest BCUT2D eigenvalue weighted by Gasteiger charge is -2.17. The van der Waals surface area contributed by atoms with Gasteiger partial charge in [-0.05, 0) is 6.07 Å². The van der Waals surface area contributed by atoms with Crippen molar-refractivity contribution in [3.63, 3.8) is 0 Å². The molecular formula is C16H17FN2O4S. The molecule has 128 valence electrons. The Morgan fingerprint density at radius 1 is 1.33 bits per heavy atom. The van der Waals surface area contributed by atoms with Crippen molar-refractivity contribution in [3.05, 3.63) is 51.7 Å². The van der Waals surface area contributed by atoms with Crippen LogP contribution in [0.15, 0.2) is 29.6 Å². The molecule has 0 saturated carbocycles. The van der Waals surface area contributed by atoms with Gasteiger partial charge in [0, 0.05) is 31.6 Å². The fourth-order valence-corrected chi connectivity index (χ4v) is 2.61. The Labute approximate surface area is 142 Å². The van der Waals surface area contributed by atoms with Crippen molar-refractivity contribution in [3.8, 4) is 0 Å². The smallest absolute Gasteiger partial charge is 0.358 e. The number of aromatic nitrogens is 1. The normalized spacial score (nSPS) is 10.5. The summed E-state index contributed by atoms with van der Waals surface area (Å²) in [6.07, 6.45) is 0. The molecule has 1 aromatic carbocycles. The van der Waals surface area contributed by atoms with Gasteiger partial charge in [0.2, 0.25) is 0 Å². The first-order chi connectivity index (χ1) is 11.5. The maximum atomic E-state index is 13.6. The van der Waals surface area contributed by atoms with Crippen molar-refractivity contribution in [2.24, 2.45) is 0 Å². The summed E-state index contributed by atoms with van der Waals surface area (Å²) in [5.74, 6) is -1.50. The highest BCUT2D eigenvalue weighted by Gasteiger charge is 2.17. The molecule has 24 heavy (non-hydrogen) atoms. The summed E-state index contributed by atoms with van der Waals surface area (Å²) in [6.45, 7) is -0.0269. The molecule has 8 heteroatoms. The monoisotopic (exact) mass is 352 g/mol. The number of carbonyl (C=O) groups excluding carboxylic acids is 2. The molecule has 0 unspecified atom stereocenters. The molecule has 0 aliphatic carbocycles. The molecule has 0 atom stereocenters. The molecule has 0 N–H and O–H groups in total. The van der Waals surface area contributed by atoms with Gasteiger partial charge in [0.15, 0.2) is 12.3 Å². The molecule has 1 amide bonds. The topological polar surface area (TPSA) is 68.7 Å². The third kappa shape index (κ3) is 4.84. The van der Waals surface area contributed by atoms with Crippen molar-refractivity contribution in [1.29, 1.82) is 0 Å². The Morgan fingerprint density at radius 2 is 2.08 bits per heavy atom. The zero-order valence-corrected chi connectivity index (χ0v) is 14.1. The number of amides is 1. The van der Waals surface area contributed by atoms with Crippen LogP contribution in [0.5, 0.6) is 0 Å².